The Bertz CT molecular complexity index is 1230. The molecule has 28 heavy (non-hydrogen) atoms. The molecule has 7 nitrogen and oxygen atoms in total. The zero-order valence-corrected chi connectivity index (χ0v) is 14.2. The van der Waals surface area contributed by atoms with Gasteiger partial charge in [-0.25, -0.2) is 9.18 Å². The van der Waals surface area contributed by atoms with Crippen LogP contribution in [0.3, 0.4) is 0 Å². The molecule has 4 rings (SSSR count). The molecule has 2 heterocycles. The number of nitrogens with zero attached hydrogens (tertiary/aromatic N) is 1. The number of hydrogen-bond acceptors (Lipinski definition) is 5. The molecular formula is C19H11F2NO6. The Balaban J connectivity index is 2.04. The third-order valence-corrected chi connectivity index (χ3v) is 4.17. The molecule has 0 saturated heterocycles. The van der Waals surface area contributed by atoms with Gasteiger partial charge in [0.05, 0.1) is 30.5 Å². The van der Waals surface area contributed by atoms with Crippen LogP contribution in [0.15, 0.2) is 41.3 Å². The lowest BCUT2D eigenvalue weighted by Crippen LogP contribution is -2.18. The van der Waals surface area contributed by atoms with E-state index in [0.717, 1.165) is 6.20 Å². The number of pyridine rings is 1. The summed E-state index contributed by atoms with van der Waals surface area (Å²) >= 11 is 0. The zero-order chi connectivity index (χ0) is 20.0. The van der Waals surface area contributed by atoms with Crippen LogP contribution in [0, 0.1) is 11.6 Å². The van der Waals surface area contributed by atoms with Gasteiger partial charge in [0.15, 0.2) is 23.1 Å². The first-order valence-electron chi connectivity index (χ1n) is 7.91. The fourth-order valence-corrected chi connectivity index (χ4v) is 3.00. The van der Waals surface area contributed by atoms with Crippen LogP contribution in [0.5, 0.6) is 17.2 Å². The molecule has 0 spiro atoms. The largest absolute Gasteiger partial charge is 0.511 e. The SMILES string of the molecule is COc1ccccc1C1=Cn2cc(OC(=O)O)c(=O)c3cc(F)c(F)c(c32)O1. The number of methoxy groups -OCH3 is 1. The maximum absolute atomic E-state index is 14.5. The second-order valence-corrected chi connectivity index (χ2v) is 5.79. The molecule has 1 aliphatic heterocycles. The third kappa shape index (κ3) is 2.64. The molecule has 9 heteroatoms. The molecule has 2 aromatic carbocycles. The van der Waals surface area contributed by atoms with Crippen molar-refractivity contribution in [3.05, 3.63) is 63.9 Å². The molecule has 0 fully saturated rings. The number of ether oxygens (including phenoxy) is 3. The highest BCUT2D eigenvalue weighted by Gasteiger charge is 2.27. The van der Waals surface area contributed by atoms with Gasteiger partial charge in [-0.2, -0.15) is 4.39 Å². The van der Waals surface area contributed by atoms with E-state index < -0.39 is 34.7 Å². The van der Waals surface area contributed by atoms with Crippen LogP contribution >= 0.6 is 0 Å². The minimum atomic E-state index is -1.71. The third-order valence-electron chi connectivity index (χ3n) is 4.17. The molecule has 0 saturated carbocycles. The average molecular weight is 387 g/mol. The first kappa shape index (κ1) is 17.5. The summed E-state index contributed by atoms with van der Waals surface area (Å²) in [4.78, 5) is 23.3. The van der Waals surface area contributed by atoms with Crippen LogP contribution in [0.2, 0.25) is 0 Å². The molecule has 1 aliphatic rings. The number of carboxylic acid groups (broad SMARTS) is 1. The first-order chi connectivity index (χ1) is 13.4. The van der Waals surface area contributed by atoms with Gasteiger partial charge in [0.25, 0.3) is 0 Å². The van der Waals surface area contributed by atoms with Crippen molar-refractivity contribution < 1.29 is 32.9 Å². The van der Waals surface area contributed by atoms with Crippen LogP contribution in [-0.4, -0.2) is 22.9 Å². The van der Waals surface area contributed by atoms with Gasteiger partial charge in [-0.3, -0.25) is 4.79 Å². The van der Waals surface area contributed by atoms with Crippen LogP contribution in [0.1, 0.15) is 5.56 Å². The number of para-hydroxylation sites is 1. The fourth-order valence-electron chi connectivity index (χ4n) is 3.00. The summed E-state index contributed by atoms with van der Waals surface area (Å²) < 4.78 is 45.1. The average Bonchev–Trinajstić information content (AvgIpc) is 2.68. The van der Waals surface area contributed by atoms with Gasteiger partial charge in [-0.05, 0) is 18.2 Å². The number of rotatable bonds is 3. The van der Waals surface area contributed by atoms with E-state index in [0.29, 0.717) is 17.4 Å². The van der Waals surface area contributed by atoms with Gasteiger partial charge < -0.3 is 23.9 Å². The van der Waals surface area contributed by atoms with Gasteiger partial charge in [-0.15, -0.1) is 0 Å². The molecule has 3 aromatic rings. The maximum atomic E-state index is 14.5. The Morgan fingerprint density at radius 1 is 1.21 bits per heavy atom. The molecule has 0 unspecified atom stereocenters. The van der Waals surface area contributed by atoms with E-state index in [1.54, 1.807) is 24.3 Å². The van der Waals surface area contributed by atoms with Crippen molar-refractivity contribution in [2.45, 2.75) is 0 Å². The normalized spacial score (nSPS) is 12.3. The number of benzene rings is 2. The van der Waals surface area contributed by atoms with Crippen molar-refractivity contribution in [3.8, 4) is 17.2 Å². The Morgan fingerprint density at radius 2 is 1.96 bits per heavy atom. The number of carbonyl (C=O) groups is 1. The minimum absolute atomic E-state index is 0.0553. The molecule has 0 atom stereocenters. The summed E-state index contributed by atoms with van der Waals surface area (Å²) in [6.07, 6.45) is 0.740. The molecule has 0 bridgehead atoms. The summed E-state index contributed by atoms with van der Waals surface area (Å²) in [7, 11) is 1.44. The van der Waals surface area contributed by atoms with E-state index in [4.69, 9.17) is 14.6 Å². The Labute approximate surface area is 155 Å². The highest BCUT2D eigenvalue weighted by atomic mass is 19.2. The number of hydrogen-bond donors (Lipinski definition) is 1. The van der Waals surface area contributed by atoms with Crippen molar-refractivity contribution in [1.29, 1.82) is 0 Å². The lowest BCUT2D eigenvalue weighted by Gasteiger charge is -2.22. The Hall–Kier alpha value is -3.88. The van der Waals surface area contributed by atoms with Crippen LogP contribution in [0.25, 0.3) is 22.9 Å². The summed E-state index contributed by atoms with van der Waals surface area (Å²) in [6, 6.07) is 7.38. The van der Waals surface area contributed by atoms with Gasteiger partial charge in [0, 0.05) is 0 Å². The standard InChI is InChI=1S/C19H11F2NO6/c1-26-12-5-3-2-4-9(12)13-7-22-8-14(28-19(24)25)17(23)10-6-11(20)15(21)18(27-13)16(10)22/h2-8H,1H3,(H,24,25). The molecule has 142 valence electrons. The first-order valence-corrected chi connectivity index (χ1v) is 7.91. The summed E-state index contributed by atoms with van der Waals surface area (Å²) in [5.41, 5.74) is -0.529. The van der Waals surface area contributed by atoms with Crippen LogP contribution in [-0.2, 0) is 0 Å². The van der Waals surface area contributed by atoms with Crippen LogP contribution in [0.4, 0.5) is 13.6 Å². The van der Waals surface area contributed by atoms with Gasteiger partial charge in [-0.1, -0.05) is 12.1 Å². The highest BCUT2D eigenvalue weighted by Crippen LogP contribution is 2.39. The van der Waals surface area contributed by atoms with E-state index in [1.165, 1.54) is 17.9 Å². The Kier molecular flexibility index (Phi) is 3.99. The highest BCUT2D eigenvalue weighted by molar-refractivity contribution is 5.93. The van der Waals surface area contributed by atoms with Gasteiger partial charge >= 0.3 is 6.16 Å². The molecule has 0 radical (unpaired) electrons. The van der Waals surface area contributed by atoms with Crippen molar-refractivity contribution in [2.24, 2.45) is 0 Å². The topological polar surface area (TPSA) is 87.0 Å². The summed E-state index contributed by atoms with van der Waals surface area (Å²) in [5.74, 6) is -3.16. The van der Waals surface area contributed by atoms with E-state index in [1.807, 2.05) is 0 Å². The quantitative estimate of drug-likeness (QED) is 0.690. The van der Waals surface area contributed by atoms with E-state index >= 15 is 0 Å². The number of halogens is 2. The fraction of sp³-hybridized carbons (Fsp3) is 0.0526. The molecule has 0 amide bonds. The lowest BCUT2D eigenvalue weighted by atomic mass is 10.1. The second-order valence-electron chi connectivity index (χ2n) is 5.79. The lowest BCUT2D eigenvalue weighted by molar-refractivity contribution is 0.144. The van der Waals surface area contributed by atoms with E-state index in [2.05, 4.69) is 4.74 Å². The van der Waals surface area contributed by atoms with Gasteiger partial charge in [0.2, 0.25) is 11.2 Å². The molecule has 1 N–H and O–H groups in total. The second kappa shape index (κ2) is 6.38. The van der Waals surface area contributed by atoms with Gasteiger partial charge in [0.1, 0.15) is 11.3 Å². The number of aromatic nitrogens is 1. The molecule has 0 aliphatic carbocycles. The predicted octanol–water partition coefficient (Wildman–Crippen LogP) is 3.69. The van der Waals surface area contributed by atoms with Crippen LogP contribution < -0.4 is 19.6 Å². The molecule has 1 aromatic heterocycles. The predicted molar refractivity (Wildman–Crippen MR) is 94.6 cm³/mol. The smallest absolute Gasteiger partial charge is 0.496 e. The minimum Gasteiger partial charge on any atom is -0.496 e. The van der Waals surface area contributed by atoms with E-state index in [9.17, 15) is 18.4 Å². The van der Waals surface area contributed by atoms with Crippen molar-refractivity contribution in [3.63, 3.8) is 0 Å². The monoisotopic (exact) mass is 387 g/mol. The molecular weight excluding hydrogens is 376 g/mol. The maximum Gasteiger partial charge on any atom is 0.511 e. The van der Waals surface area contributed by atoms with Crippen molar-refractivity contribution in [2.75, 3.05) is 7.11 Å². The van der Waals surface area contributed by atoms with E-state index in [-0.39, 0.29) is 16.7 Å². The zero-order valence-electron chi connectivity index (χ0n) is 14.2. The Morgan fingerprint density at radius 3 is 2.68 bits per heavy atom. The summed E-state index contributed by atoms with van der Waals surface area (Å²) in [6.45, 7) is 0. The van der Waals surface area contributed by atoms with Crippen molar-refractivity contribution >= 4 is 29.0 Å². The summed E-state index contributed by atoms with van der Waals surface area (Å²) in [5, 5.41) is 8.54. The van der Waals surface area contributed by atoms with Crippen molar-refractivity contribution in [1.82, 2.24) is 4.57 Å².